The van der Waals surface area contributed by atoms with E-state index in [0.717, 1.165) is 50.4 Å². The van der Waals surface area contributed by atoms with Gasteiger partial charge in [-0.05, 0) is 42.7 Å². The van der Waals surface area contributed by atoms with Gasteiger partial charge in [0.15, 0.2) is 0 Å². The van der Waals surface area contributed by atoms with Crippen LogP contribution in [0.2, 0.25) is 0 Å². The fourth-order valence-corrected chi connectivity index (χ4v) is 4.22. The molecule has 1 atom stereocenters. The third-order valence-electron chi connectivity index (χ3n) is 5.84. The molecule has 1 saturated heterocycles. The van der Waals surface area contributed by atoms with E-state index in [1.807, 2.05) is 31.2 Å². The number of hydrogen-bond acceptors (Lipinski definition) is 4. The van der Waals surface area contributed by atoms with Crippen LogP contribution >= 0.6 is 0 Å². The number of aryl methyl sites for hydroxylation is 1. The fraction of sp³-hybridized carbons (Fsp3) is 0.435. The lowest BCUT2D eigenvalue weighted by atomic mass is 10.00. The Morgan fingerprint density at radius 1 is 1.14 bits per heavy atom. The molecule has 2 aromatic carbocycles. The number of ether oxygens (including phenoxy) is 1. The fourth-order valence-electron chi connectivity index (χ4n) is 4.22. The summed E-state index contributed by atoms with van der Waals surface area (Å²) in [6.07, 6.45) is 1.09. The second-order valence-corrected chi connectivity index (χ2v) is 7.80. The summed E-state index contributed by atoms with van der Waals surface area (Å²) in [7, 11) is 2.15. The number of morpholine rings is 1. The first-order chi connectivity index (χ1) is 13.6. The number of anilines is 1. The third-order valence-corrected chi connectivity index (χ3v) is 5.84. The number of rotatable bonds is 5. The third kappa shape index (κ3) is 4.05. The zero-order chi connectivity index (χ0) is 19.5. The summed E-state index contributed by atoms with van der Waals surface area (Å²) in [6.45, 7) is 6.96. The van der Waals surface area contributed by atoms with E-state index in [1.165, 1.54) is 16.8 Å². The van der Waals surface area contributed by atoms with Crippen LogP contribution in [0.5, 0.6) is 0 Å². The Kier molecular flexibility index (Phi) is 5.64. The van der Waals surface area contributed by atoms with E-state index in [1.54, 1.807) is 0 Å². The molecule has 1 amide bonds. The van der Waals surface area contributed by atoms with Gasteiger partial charge in [-0.15, -0.1) is 0 Å². The molecule has 5 nitrogen and oxygen atoms in total. The van der Waals surface area contributed by atoms with Crippen molar-refractivity contribution in [2.75, 3.05) is 51.3 Å². The summed E-state index contributed by atoms with van der Waals surface area (Å²) >= 11 is 0. The second kappa shape index (κ2) is 8.33. The van der Waals surface area contributed by atoms with Crippen LogP contribution in [-0.2, 0) is 11.2 Å². The highest BCUT2D eigenvalue weighted by atomic mass is 16.5. The van der Waals surface area contributed by atoms with Crippen LogP contribution in [0.25, 0.3) is 0 Å². The number of likely N-dealkylation sites (N-methyl/N-ethyl adjacent to an activating group) is 1. The summed E-state index contributed by atoms with van der Waals surface area (Å²) in [4.78, 5) is 17.4. The molecule has 0 radical (unpaired) electrons. The van der Waals surface area contributed by atoms with Crippen molar-refractivity contribution in [1.29, 1.82) is 0 Å². The quantitative estimate of drug-likeness (QED) is 0.868. The number of nitrogens with zero attached hydrogens (tertiary/aromatic N) is 2. The first kappa shape index (κ1) is 19.0. The van der Waals surface area contributed by atoms with Crippen LogP contribution in [-0.4, -0.2) is 57.2 Å². The summed E-state index contributed by atoms with van der Waals surface area (Å²) in [5.41, 5.74) is 5.83. The largest absolute Gasteiger partial charge is 0.379 e. The second-order valence-electron chi connectivity index (χ2n) is 7.80. The number of fused-ring (bicyclic) bond motifs is 1. The lowest BCUT2D eigenvalue weighted by molar-refractivity contribution is 0.0162. The smallest absolute Gasteiger partial charge is 0.251 e. The van der Waals surface area contributed by atoms with Crippen molar-refractivity contribution in [3.05, 3.63) is 64.7 Å². The standard InChI is InChI=1S/C23H29N3O2/c1-17-4-3-5-20(14-17)23(27)24-16-22(26-10-12-28-13-11-26)18-6-7-21-19(15-18)8-9-25(21)2/h3-7,14-15,22H,8-13,16H2,1-2H3,(H,24,27)/t22-/m0/s1. The van der Waals surface area contributed by atoms with Gasteiger partial charge in [-0.3, -0.25) is 9.69 Å². The van der Waals surface area contributed by atoms with E-state index in [9.17, 15) is 4.79 Å². The average molecular weight is 380 g/mol. The van der Waals surface area contributed by atoms with Crippen molar-refractivity contribution in [2.45, 2.75) is 19.4 Å². The monoisotopic (exact) mass is 379 g/mol. The predicted octanol–water partition coefficient (Wildman–Crippen LogP) is 2.79. The van der Waals surface area contributed by atoms with Gasteiger partial charge >= 0.3 is 0 Å². The number of hydrogen-bond donors (Lipinski definition) is 1. The molecule has 1 fully saturated rings. The molecule has 4 rings (SSSR count). The Morgan fingerprint density at radius 3 is 2.75 bits per heavy atom. The molecular formula is C23H29N3O2. The highest BCUT2D eigenvalue weighted by Crippen LogP contribution is 2.31. The normalized spacial score (nSPS) is 18.0. The number of carbonyl (C=O) groups is 1. The van der Waals surface area contributed by atoms with Crippen molar-refractivity contribution < 1.29 is 9.53 Å². The van der Waals surface area contributed by atoms with Crippen molar-refractivity contribution in [1.82, 2.24) is 10.2 Å². The number of nitrogens with one attached hydrogen (secondary N) is 1. The molecule has 0 bridgehead atoms. The zero-order valence-corrected chi connectivity index (χ0v) is 16.8. The van der Waals surface area contributed by atoms with Gasteiger partial charge in [-0.2, -0.15) is 0 Å². The van der Waals surface area contributed by atoms with E-state index in [4.69, 9.17) is 4.74 Å². The maximum Gasteiger partial charge on any atom is 0.251 e. The highest BCUT2D eigenvalue weighted by molar-refractivity contribution is 5.94. The molecule has 5 heteroatoms. The van der Waals surface area contributed by atoms with Gasteiger partial charge in [-0.1, -0.05) is 29.8 Å². The molecule has 28 heavy (non-hydrogen) atoms. The average Bonchev–Trinajstić information content (AvgIpc) is 3.09. The molecule has 2 aromatic rings. The van der Waals surface area contributed by atoms with Crippen molar-refractivity contribution >= 4 is 11.6 Å². The summed E-state index contributed by atoms with van der Waals surface area (Å²) in [5.74, 6) is -0.0112. The van der Waals surface area contributed by atoms with E-state index >= 15 is 0 Å². The molecule has 1 N–H and O–H groups in total. The maximum atomic E-state index is 12.7. The molecule has 0 unspecified atom stereocenters. The Morgan fingerprint density at radius 2 is 1.96 bits per heavy atom. The Balaban J connectivity index is 1.53. The van der Waals surface area contributed by atoms with Gasteiger partial charge in [0.25, 0.3) is 5.91 Å². The van der Waals surface area contributed by atoms with Gasteiger partial charge in [0.05, 0.1) is 19.3 Å². The Labute approximate surface area is 167 Å². The van der Waals surface area contributed by atoms with Crippen LogP contribution in [0, 0.1) is 6.92 Å². The molecular weight excluding hydrogens is 350 g/mol. The Bertz CT molecular complexity index is 845. The van der Waals surface area contributed by atoms with Crippen LogP contribution < -0.4 is 10.2 Å². The Hall–Kier alpha value is -2.37. The molecule has 0 saturated carbocycles. The SMILES string of the molecule is Cc1cccc(C(=O)NC[C@@H](c2ccc3c(c2)CCN3C)N2CCOCC2)c1. The van der Waals surface area contributed by atoms with Crippen molar-refractivity contribution in [3.8, 4) is 0 Å². The van der Waals surface area contributed by atoms with Gasteiger partial charge in [0, 0.05) is 44.5 Å². The van der Waals surface area contributed by atoms with Gasteiger partial charge in [0.1, 0.15) is 0 Å². The van der Waals surface area contributed by atoms with Crippen molar-refractivity contribution in [3.63, 3.8) is 0 Å². The summed E-state index contributed by atoms with van der Waals surface area (Å²) in [6, 6.07) is 14.7. The predicted molar refractivity (Wildman–Crippen MR) is 112 cm³/mol. The van der Waals surface area contributed by atoms with Gasteiger partial charge in [-0.25, -0.2) is 0 Å². The van der Waals surface area contributed by atoms with Crippen LogP contribution in [0.15, 0.2) is 42.5 Å². The zero-order valence-electron chi connectivity index (χ0n) is 16.8. The number of amides is 1. The van der Waals surface area contributed by atoms with Gasteiger partial charge < -0.3 is 15.0 Å². The minimum absolute atomic E-state index is 0.0112. The summed E-state index contributed by atoms with van der Waals surface area (Å²) < 4.78 is 5.55. The molecule has 0 aromatic heterocycles. The number of carbonyl (C=O) groups excluding carboxylic acids is 1. The molecule has 2 aliphatic rings. The van der Waals surface area contributed by atoms with E-state index in [-0.39, 0.29) is 11.9 Å². The van der Waals surface area contributed by atoms with Crippen LogP contribution in [0.1, 0.15) is 33.1 Å². The minimum atomic E-state index is -0.0112. The summed E-state index contributed by atoms with van der Waals surface area (Å²) in [5, 5.41) is 3.17. The van der Waals surface area contributed by atoms with E-state index < -0.39 is 0 Å². The van der Waals surface area contributed by atoms with E-state index in [0.29, 0.717) is 6.54 Å². The lowest BCUT2D eigenvalue weighted by Crippen LogP contribution is -2.43. The number of benzene rings is 2. The topological polar surface area (TPSA) is 44.8 Å². The van der Waals surface area contributed by atoms with Gasteiger partial charge in [0.2, 0.25) is 0 Å². The molecule has 0 aliphatic carbocycles. The van der Waals surface area contributed by atoms with Crippen LogP contribution in [0.4, 0.5) is 5.69 Å². The molecule has 2 heterocycles. The molecule has 148 valence electrons. The molecule has 2 aliphatic heterocycles. The van der Waals surface area contributed by atoms with Crippen molar-refractivity contribution in [2.24, 2.45) is 0 Å². The highest BCUT2D eigenvalue weighted by Gasteiger charge is 2.25. The molecule has 0 spiro atoms. The minimum Gasteiger partial charge on any atom is -0.379 e. The first-order valence-electron chi connectivity index (χ1n) is 10.1. The first-order valence-corrected chi connectivity index (χ1v) is 10.1. The lowest BCUT2D eigenvalue weighted by Gasteiger charge is -2.35. The van der Waals surface area contributed by atoms with E-state index in [2.05, 4.69) is 40.4 Å². The maximum absolute atomic E-state index is 12.7. The van der Waals surface area contributed by atoms with Crippen LogP contribution in [0.3, 0.4) is 0 Å².